The fourth-order valence-electron chi connectivity index (χ4n) is 2.82. The number of ether oxygens (including phenoxy) is 1. The van der Waals surface area contributed by atoms with Crippen molar-refractivity contribution in [3.8, 4) is 5.75 Å². The van der Waals surface area contributed by atoms with Gasteiger partial charge < -0.3 is 15.4 Å². The molecule has 0 unspecified atom stereocenters. The molecule has 2 N–H and O–H groups in total. The zero-order chi connectivity index (χ0) is 22.3. The van der Waals surface area contributed by atoms with Crippen LogP contribution in [0.4, 0.5) is 18.9 Å². The van der Waals surface area contributed by atoms with E-state index in [1.165, 1.54) is 24.3 Å². The molecule has 0 saturated heterocycles. The molecule has 31 heavy (non-hydrogen) atoms. The van der Waals surface area contributed by atoms with Crippen LogP contribution in [-0.2, 0) is 17.5 Å². The van der Waals surface area contributed by atoms with Gasteiger partial charge in [0.15, 0.2) is 6.61 Å². The van der Waals surface area contributed by atoms with E-state index in [1.54, 1.807) is 12.1 Å². The average molecular weight is 428 g/mol. The van der Waals surface area contributed by atoms with Crippen LogP contribution >= 0.6 is 0 Å². The second kappa shape index (κ2) is 9.80. The van der Waals surface area contributed by atoms with Crippen LogP contribution in [0.5, 0.6) is 5.75 Å². The second-order valence-electron chi connectivity index (χ2n) is 6.54. The Labute approximate surface area is 176 Å². The molecule has 0 aliphatic carbocycles. The summed E-state index contributed by atoms with van der Waals surface area (Å²) < 4.78 is 44.6. The third kappa shape index (κ3) is 6.08. The number of benzene rings is 3. The van der Waals surface area contributed by atoms with Gasteiger partial charge in [0, 0.05) is 6.54 Å². The molecule has 5 nitrogen and oxygen atoms in total. The van der Waals surface area contributed by atoms with Gasteiger partial charge in [-0.25, -0.2) is 0 Å². The maximum absolute atomic E-state index is 13.1. The Kier molecular flexibility index (Phi) is 6.92. The van der Waals surface area contributed by atoms with Gasteiger partial charge in [0.25, 0.3) is 11.8 Å². The summed E-state index contributed by atoms with van der Waals surface area (Å²) in [5.74, 6) is -1.04. The van der Waals surface area contributed by atoms with Crippen LogP contribution in [-0.4, -0.2) is 18.4 Å². The van der Waals surface area contributed by atoms with E-state index in [2.05, 4.69) is 10.6 Å². The van der Waals surface area contributed by atoms with E-state index in [9.17, 15) is 22.8 Å². The lowest BCUT2D eigenvalue weighted by Crippen LogP contribution is -2.25. The minimum Gasteiger partial charge on any atom is -0.483 e. The molecule has 3 aromatic rings. The van der Waals surface area contributed by atoms with Crippen LogP contribution in [0.25, 0.3) is 0 Å². The molecule has 3 rings (SSSR count). The molecular weight excluding hydrogens is 409 g/mol. The monoisotopic (exact) mass is 428 g/mol. The van der Waals surface area contributed by atoms with Gasteiger partial charge in [-0.05, 0) is 29.8 Å². The minimum absolute atomic E-state index is 0.146. The predicted molar refractivity (Wildman–Crippen MR) is 110 cm³/mol. The highest BCUT2D eigenvalue weighted by Gasteiger charge is 2.33. The number of carbonyl (C=O) groups excluding carboxylic acids is 2. The zero-order valence-corrected chi connectivity index (χ0v) is 16.3. The lowest BCUT2D eigenvalue weighted by molar-refractivity contribution is -0.137. The maximum Gasteiger partial charge on any atom is 0.418 e. The third-order valence-electron chi connectivity index (χ3n) is 4.29. The largest absolute Gasteiger partial charge is 0.483 e. The van der Waals surface area contributed by atoms with Crippen molar-refractivity contribution in [1.82, 2.24) is 5.32 Å². The molecule has 3 aromatic carbocycles. The molecule has 0 spiro atoms. The van der Waals surface area contributed by atoms with E-state index in [4.69, 9.17) is 4.74 Å². The van der Waals surface area contributed by atoms with E-state index in [1.807, 2.05) is 30.3 Å². The van der Waals surface area contributed by atoms with Crippen molar-refractivity contribution in [2.24, 2.45) is 0 Å². The van der Waals surface area contributed by atoms with Gasteiger partial charge in [-0.3, -0.25) is 9.59 Å². The van der Waals surface area contributed by atoms with Crippen LogP contribution < -0.4 is 15.4 Å². The Morgan fingerprint density at radius 3 is 2.23 bits per heavy atom. The summed E-state index contributed by atoms with van der Waals surface area (Å²) in [4.78, 5) is 24.7. The predicted octanol–water partition coefficient (Wildman–Crippen LogP) is 4.65. The quantitative estimate of drug-likeness (QED) is 0.576. The first-order valence-electron chi connectivity index (χ1n) is 9.34. The molecular formula is C23H19F3N2O3. The first-order valence-corrected chi connectivity index (χ1v) is 9.34. The van der Waals surface area contributed by atoms with Gasteiger partial charge in [0.2, 0.25) is 0 Å². The standard InChI is InChI=1S/C23H19F3N2O3/c24-23(25,26)18-11-5-6-12-19(18)28-21(29)15-31-20-13-7-4-10-17(20)22(30)27-14-16-8-2-1-3-9-16/h1-13H,14-15H2,(H,27,30)(H,28,29). The molecule has 2 amide bonds. The minimum atomic E-state index is -4.60. The third-order valence-corrected chi connectivity index (χ3v) is 4.29. The Morgan fingerprint density at radius 2 is 1.48 bits per heavy atom. The van der Waals surface area contributed by atoms with Crippen molar-refractivity contribution >= 4 is 17.5 Å². The van der Waals surface area contributed by atoms with E-state index in [0.717, 1.165) is 17.7 Å². The van der Waals surface area contributed by atoms with Crippen molar-refractivity contribution < 1.29 is 27.5 Å². The number of nitrogens with one attached hydrogen (secondary N) is 2. The maximum atomic E-state index is 13.1. The Morgan fingerprint density at radius 1 is 0.839 bits per heavy atom. The molecule has 160 valence electrons. The molecule has 0 aliphatic rings. The SMILES string of the molecule is O=C(COc1ccccc1C(=O)NCc1ccccc1)Nc1ccccc1C(F)(F)F. The molecule has 0 atom stereocenters. The summed E-state index contributed by atoms with van der Waals surface area (Å²) in [6, 6.07) is 20.3. The number of para-hydroxylation sites is 2. The molecule has 0 heterocycles. The van der Waals surface area contributed by atoms with E-state index in [0.29, 0.717) is 6.54 Å². The number of halogens is 3. The molecule has 0 aliphatic heterocycles. The molecule has 8 heteroatoms. The van der Waals surface area contributed by atoms with Crippen molar-refractivity contribution in [1.29, 1.82) is 0 Å². The summed E-state index contributed by atoms with van der Waals surface area (Å²) in [5, 5.41) is 4.96. The van der Waals surface area contributed by atoms with Gasteiger partial charge in [-0.2, -0.15) is 13.2 Å². The smallest absolute Gasteiger partial charge is 0.418 e. The molecule has 0 radical (unpaired) electrons. The number of rotatable bonds is 7. The summed E-state index contributed by atoms with van der Waals surface area (Å²) in [6.45, 7) is -0.252. The van der Waals surface area contributed by atoms with Gasteiger partial charge in [-0.15, -0.1) is 0 Å². The fourth-order valence-corrected chi connectivity index (χ4v) is 2.82. The number of alkyl halides is 3. The van der Waals surface area contributed by atoms with Crippen molar-refractivity contribution in [2.45, 2.75) is 12.7 Å². The fraction of sp³-hybridized carbons (Fsp3) is 0.130. The topological polar surface area (TPSA) is 67.4 Å². The van der Waals surface area contributed by atoms with Crippen LogP contribution in [0.1, 0.15) is 21.5 Å². The average Bonchev–Trinajstić information content (AvgIpc) is 2.76. The van der Waals surface area contributed by atoms with Crippen LogP contribution in [0.15, 0.2) is 78.9 Å². The van der Waals surface area contributed by atoms with Crippen LogP contribution in [0.2, 0.25) is 0 Å². The lowest BCUT2D eigenvalue weighted by Gasteiger charge is -2.14. The summed E-state index contributed by atoms with van der Waals surface area (Å²) in [5.41, 5.74) is -0.194. The number of amides is 2. The van der Waals surface area contributed by atoms with Crippen LogP contribution in [0.3, 0.4) is 0 Å². The molecule has 0 aromatic heterocycles. The number of hydrogen-bond donors (Lipinski definition) is 2. The normalized spacial score (nSPS) is 10.9. The number of hydrogen-bond acceptors (Lipinski definition) is 3. The highest BCUT2D eigenvalue weighted by molar-refractivity contribution is 5.97. The zero-order valence-electron chi connectivity index (χ0n) is 16.3. The van der Waals surface area contributed by atoms with Crippen molar-refractivity contribution in [3.05, 3.63) is 95.6 Å². The van der Waals surface area contributed by atoms with Gasteiger partial charge in [-0.1, -0.05) is 54.6 Å². The van der Waals surface area contributed by atoms with E-state index in [-0.39, 0.29) is 17.0 Å². The van der Waals surface area contributed by atoms with Crippen LogP contribution in [0, 0.1) is 0 Å². The molecule has 0 saturated carbocycles. The van der Waals surface area contributed by atoms with Gasteiger partial charge in [0.05, 0.1) is 16.8 Å². The highest BCUT2D eigenvalue weighted by atomic mass is 19.4. The second-order valence-corrected chi connectivity index (χ2v) is 6.54. The first kappa shape index (κ1) is 21.9. The molecule has 0 fully saturated rings. The van der Waals surface area contributed by atoms with Crippen molar-refractivity contribution in [3.63, 3.8) is 0 Å². The van der Waals surface area contributed by atoms with Gasteiger partial charge >= 0.3 is 6.18 Å². The summed E-state index contributed by atoms with van der Waals surface area (Å²) in [7, 11) is 0. The number of carbonyl (C=O) groups is 2. The Balaban J connectivity index is 1.62. The van der Waals surface area contributed by atoms with Gasteiger partial charge in [0.1, 0.15) is 5.75 Å². The summed E-state index contributed by atoms with van der Waals surface area (Å²) >= 11 is 0. The van der Waals surface area contributed by atoms with E-state index < -0.39 is 30.2 Å². The molecule has 0 bridgehead atoms. The Hall–Kier alpha value is -3.81. The first-order chi connectivity index (χ1) is 14.8. The van der Waals surface area contributed by atoms with E-state index >= 15 is 0 Å². The van der Waals surface area contributed by atoms with Crippen molar-refractivity contribution in [2.75, 3.05) is 11.9 Å². The summed E-state index contributed by atoms with van der Waals surface area (Å²) in [6.07, 6.45) is -4.60. The Bertz CT molecular complexity index is 1050. The highest BCUT2D eigenvalue weighted by Crippen LogP contribution is 2.34. The lowest BCUT2D eigenvalue weighted by atomic mass is 10.1. The number of anilines is 1.